The molecule has 5 aliphatic carbocycles. The standard InChI is InChI=1S/C32H50O3/c1-20(33)35-28(4,5)21-13-17-29(6)22(21)19-26(34)32(9)25(29)12-11-24-30(7)16-10-15-27(2,3)23(30)14-18-31(24,32)8/h12,21-24H,10-11,13-19H2,1-9H3/t21-,22-,23-,24+,29-,30-,31+,32-/m0/s1. The molecule has 35 heavy (non-hydrogen) atoms. The van der Waals surface area contributed by atoms with Crippen molar-refractivity contribution in [3.8, 4) is 0 Å². The van der Waals surface area contributed by atoms with Crippen molar-refractivity contribution in [3.05, 3.63) is 11.6 Å². The largest absolute Gasteiger partial charge is 0.460 e. The molecule has 4 saturated carbocycles. The molecule has 0 aromatic heterocycles. The number of ketones is 1. The van der Waals surface area contributed by atoms with Crippen LogP contribution in [-0.2, 0) is 14.3 Å². The van der Waals surface area contributed by atoms with Gasteiger partial charge in [0.05, 0.1) is 5.41 Å². The van der Waals surface area contributed by atoms with Crippen LogP contribution < -0.4 is 0 Å². The summed E-state index contributed by atoms with van der Waals surface area (Å²) in [4.78, 5) is 26.3. The third-order valence-electron chi connectivity index (χ3n) is 13.2. The van der Waals surface area contributed by atoms with Gasteiger partial charge in [-0.3, -0.25) is 9.59 Å². The molecule has 3 nitrogen and oxygen atoms in total. The van der Waals surface area contributed by atoms with Gasteiger partial charge in [0.2, 0.25) is 0 Å². The van der Waals surface area contributed by atoms with Gasteiger partial charge in [-0.05, 0) is 105 Å². The number of carbonyl (C=O) groups is 2. The first-order chi connectivity index (χ1) is 16.0. The Labute approximate surface area is 214 Å². The van der Waals surface area contributed by atoms with Crippen LogP contribution in [0.2, 0.25) is 0 Å². The minimum atomic E-state index is -0.539. The van der Waals surface area contributed by atoms with Crippen LogP contribution in [-0.4, -0.2) is 17.4 Å². The van der Waals surface area contributed by atoms with Crippen LogP contribution in [0.4, 0.5) is 0 Å². The quantitative estimate of drug-likeness (QED) is 0.296. The molecule has 3 heteroatoms. The lowest BCUT2D eigenvalue weighted by Gasteiger charge is -2.69. The molecular weight excluding hydrogens is 432 g/mol. The maximum atomic E-state index is 14.4. The van der Waals surface area contributed by atoms with Gasteiger partial charge < -0.3 is 4.74 Å². The summed E-state index contributed by atoms with van der Waals surface area (Å²) in [6.45, 7) is 20.5. The average molecular weight is 483 g/mol. The van der Waals surface area contributed by atoms with E-state index in [0.29, 0.717) is 29.0 Å². The van der Waals surface area contributed by atoms with Crippen molar-refractivity contribution in [2.45, 2.75) is 126 Å². The second kappa shape index (κ2) is 7.47. The molecule has 8 atom stereocenters. The Morgan fingerprint density at radius 1 is 0.971 bits per heavy atom. The fraction of sp³-hybridized carbons (Fsp3) is 0.875. The van der Waals surface area contributed by atoms with E-state index in [1.165, 1.54) is 44.6 Å². The number of hydrogen-bond donors (Lipinski definition) is 0. The van der Waals surface area contributed by atoms with E-state index >= 15 is 0 Å². The number of allylic oxidation sites excluding steroid dienone is 2. The van der Waals surface area contributed by atoms with Crippen LogP contribution in [0.15, 0.2) is 11.6 Å². The van der Waals surface area contributed by atoms with Crippen molar-refractivity contribution in [1.82, 2.24) is 0 Å². The molecule has 0 heterocycles. The molecule has 5 rings (SSSR count). The molecule has 0 unspecified atom stereocenters. The summed E-state index contributed by atoms with van der Waals surface area (Å²) in [6, 6.07) is 0. The van der Waals surface area contributed by atoms with Crippen molar-refractivity contribution < 1.29 is 14.3 Å². The molecule has 0 radical (unpaired) electrons. The number of fused-ring (bicyclic) bond motifs is 7. The van der Waals surface area contributed by atoms with Crippen molar-refractivity contribution >= 4 is 11.8 Å². The first-order valence-electron chi connectivity index (χ1n) is 14.5. The number of ether oxygens (including phenoxy) is 1. The molecule has 0 N–H and O–H groups in total. The molecule has 4 fully saturated rings. The Kier molecular flexibility index (Phi) is 5.45. The lowest BCUT2D eigenvalue weighted by molar-refractivity contribution is -0.184. The van der Waals surface area contributed by atoms with E-state index in [-0.39, 0.29) is 34.1 Å². The summed E-state index contributed by atoms with van der Waals surface area (Å²) in [7, 11) is 0. The maximum absolute atomic E-state index is 14.4. The zero-order chi connectivity index (χ0) is 25.8. The second-order valence-electron chi connectivity index (χ2n) is 15.4. The molecule has 0 aromatic carbocycles. The van der Waals surface area contributed by atoms with Crippen LogP contribution in [0.3, 0.4) is 0 Å². The van der Waals surface area contributed by atoms with E-state index < -0.39 is 5.60 Å². The molecule has 0 spiro atoms. The van der Waals surface area contributed by atoms with E-state index in [2.05, 4.69) is 61.5 Å². The van der Waals surface area contributed by atoms with Crippen LogP contribution in [0.25, 0.3) is 0 Å². The summed E-state index contributed by atoms with van der Waals surface area (Å²) < 4.78 is 5.84. The van der Waals surface area contributed by atoms with Gasteiger partial charge >= 0.3 is 5.97 Å². The minimum absolute atomic E-state index is 0.0162. The summed E-state index contributed by atoms with van der Waals surface area (Å²) >= 11 is 0. The fourth-order valence-electron chi connectivity index (χ4n) is 11.5. The Balaban J connectivity index is 1.57. The molecule has 196 valence electrons. The lowest BCUT2D eigenvalue weighted by atomic mass is 9.34. The Hall–Kier alpha value is -1.12. The number of hydrogen-bond acceptors (Lipinski definition) is 3. The highest BCUT2D eigenvalue weighted by molar-refractivity contribution is 5.91. The van der Waals surface area contributed by atoms with Gasteiger partial charge in [-0.1, -0.05) is 52.7 Å². The smallest absolute Gasteiger partial charge is 0.303 e. The van der Waals surface area contributed by atoms with E-state index in [0.717, 1.165) is 25.2 Å². The summed E-state index contributed by atoms with van der Waals surface area (Å²) in [5.41, 5.74) is 1.28. The fourth-order valence-corrected chi connectivity index (χ4v) is 11.5. The van der Waals surface area contributed by atoms with Crippen LogP contribution in [0.1, 0.15) is 120 Å². The van der Waals surface area contributed by atoms with Gasteiger partial charge in [-0.25, -0.2) is 0 Å². The zero-order valence-electron chi connectivity index (χ0n) is 24.0. The van der Waals surface area contributed by atoms with Gasteiger partial charge in [-0.2, -0.15) is 0 Å². The average Bonchev–Trinajstić information content (AvgIpc) is 3.05. The van der Waals surface area contributed by atoms with Gasteiger partial charge in [0.1, 0.15) is 11.4 Å². The molecule has 0 bridgehead atoms. The van der Waals surface area contributed by atoms with Crippen molar-refractivity contribution in [1.29, 1.82) is 0 Å². The highest BCUT2D eigenvalue weighted by Gasteiger charge is 2.71. The van der Waals surface area contributed by atoms with Gasteiger partial charge in [0, 0.05) is 19.3 Å². The zero-order valence-corrected chi connectivity index (χ0v) is 24.0. The Bertz CT molecular complexity index is 973. The van der Waals surface area contributed by atoms with E-state index in [9.17, 15) is 9.59 Å². The highest BCUT2D eigenvalue weighted by atomic mass is 16.6. The monoisotopic (exact) mass is 482 g/mol. The SMILES string of the molecule is CC(=O)OC(C)(C)[C@H]1CC[C@]2(C)C3=CC[C@@H]4[C@@]5(C)CCCC(C)(C)[C@@H]5CC[C@@]4(C)[C@]3(C)C(=O)C[C@@H]12. The van der Waals surface area contributed by atoms with Gasteiger partial charge in [-0.15, -0.1) is 0 Å². The molecular formula is C32H50O3. The van der Waals surface area contributed by atoms with Crippen molar-refractivity contribution in [2.24, 2.45) is 50.7 Å². The normalized spacial score (nSPS) is 48.7. The predicted molar refractivity (Wildman–Crippen MR) is 141 cm³/mol. The van der Waals surface area contributed by atoms with Gasteiger partial charge in [0.15, 0.2) is 0 Å². The maximum Gasteiger partial charge on any atom is 0.303 e. The Morgan fingerprint density at radius 3 is 2.31 bits per heavy atom. The molecule has 0 aromatic rings. The van der Waals surface area contributed by atoms with Gasteiger partial charge in [0.25, 0.3) is 0 Å². The summed E-state index contributed by atoms with van der Waals surface area (Å²) in [6.07, 6.45) is 12.8. The highest BCUT2D eigenvalue weighted by Crippen LogP contribution is 2.76. The molecule has 0 aliphatic heterocycles. The van der Waals surface area contributed by atoms with Crippen LogP contribution in [0, 0.1) is 50.7 Å². The summed E-state index contributed by atoms with van der Waals surface area (Å²) in [5.74, 6) is 2.04. The van der Waals surface area contributed by atoms with Crippen molar-refractivity contribution in [3.63, 3.8) is 0 Å². The topological polar surface area (TPSA) is 43.4 Å². The molecule has 0 saturated heterocycles. The summed E-state index contributed by atoms with van der Waals surface area (Å²) in [5, 5.41) is 0. The third-order valence-corrected chi connectivity index (χ3v) is 13.2. The Morgan fingerprint density at radius 2 is 1.66 bits per heavy atom. The molecule has 5 aliphatic rings. The van der Waals surface area contributed by atoms with E-state index in [1.54, 1.807) is 0 Å². The van der Waals surface area contributed by atoms with E-state index in [1.807, 2.05) is 0 Å². The predicted octanol–water partition coefficient (Wildman–Crippen LogP) is 7.92. The van der Waals surface area contributed by atoms with Crippen molar-refractivity contribution in [2.75, 3.05) is 0 Å². The first kappa shape index (κ1) is 25.5. The lowest BCUT2D eigenvalue weighted by Crippen LogP contribution is -2.65. The van der Waals surface area contributed by atoms with Crippen LogP contribution in [0.5, 0.6) is 0 Å². The first-order valence-corrected chi connectivity index (χ1v) is 14.5. The van der Waals surface area contributed by atoms with E-state index in [4.69, 9.17) is 4.74 Å². The number of Topliss-reactive ketones (excluding diaryl/α,β-unsaturated/α-hetero) is 1. The minimum Gasteiger partial charge on any atom is -0.460 e. The molecule has 0 amide bonds. The third kappa shape index (κ3) is 3.14. The number of carbonyl (C=O) groups excluding carboxylic acids is 2. The number of rotatable bonds is 2. The second-order valence-corrected chi connectivity index (χ2v) is 15.4. The van der Waals surface area contributed by atoms with Crippen LogP contribution >= 0.6 is 0 Å². The number of esters is 1.